The lowest BCUT2D eigenvalue weighted by atomic mass is 10.2. The fourth-order valence-corrected chi connectivity index (χ4v) is 3.29. The van der Waals surface area contributed by atoms with Crippen LogP contribution < -0.4 is 20.2 Å². The highest BCUT2D eigenvalue weighted by atomic mass is 79.9. The number of benzene rings is 3. The van der Waals surface area contributed by atoms with Crippen LogP contribution in [0.3, 0.4) is 0 Å². The number of ether oxygens (including phenoxy) is 2. The number of halogens is 1. The Morgan fingerprint density at radius 2 is 1.71 bits per heavy atom. The van der Waals surface area contributed by atoms with Gasteiger partial charge >= 0.3 is 5.97 Å². The Kier molecular flexibility index (Phi) is 8.93. The predicted molar refractivity (Wildman–Crippen MR) is 131 cm³/mol. The summed E-state index contributed by atoms with van der Waals surface area (Å²) in [7, 11) is 1.46. The van der Waals surface area contributed by atoms with Gasteiger partial charge in [0.1, 0.15) is 0 Å². The molecule has 0 atom stereocenters. The summed E-state index contributed by atoms with van der Waals surface area (Å²) in [6, 6.07) is 20.6. The van der Waals surface area contributed by atoms with E-state index in [1.807, 2.05) is 6.07 Å². The Morgan fingerprint density at radius 1 is 0.971 bits per heavy atom. The van der Waals surface area contributed by atoms with Crippen molar-refractivity contribution < 1.29 is 23.9 Å². The van der Waals surface area contributed by atoms with Gasteiger partial charge in [0.25, 0.3) is 5.91 Å². The van der Waals surface area contributed by atoms with E-state index in [4.69, 9.17) is 9.47 Å². The Labute approximate surface area is 205 Å². The van der Waals surface area contributed by atoms with Crippen molar-refractivity contribution in [2.24, 2.45) is 5.10 Å². The Morgan fingerprint density at radius 3 is 2.44 bits per heavy atom. The maximum atomic E-state index is 12.4. The summed E-state index contributed by atoms with van der Waals surface area (Å²) in [4.78, 5) is 36.3. The van der Waals surface area contributed by atoms with Crippen molar-refractivity contribution in [3.8, 4) is 11.5 Å². The number of nitrogens with zero attached hydrogens (tertiary/aromatic N) is 1. The van der Waals surface area contributed by atoms with Crippen LogP contribution in [-0.2, 0) is 4.79 Å². The third-order valence-corrected chi connectivity index (χ3v) is 5.25. The molecule has 0 aliphatic carbocycles. The highest BCUT2D eigenvalue weighted by Gasteiger charge is 2.15. The van der Waals surface area contributed by atoms with Crippen molar-refractivity contribution in [1.82, 2.24) is 10.7 Å². The predicted octanol–water partition coefficient (Wildman–Crippen LogP) is 3.95. The number of hydrazone groups is 1. The maximum Gasteiger partial charge on any atom is 0.344 e. The number of amides is 2. The summed E-state index contributed by atoms with van der Waals surface area (Å²) >= 11 is 3.33. The van der Waals surface area contributed by atoms with Crippen LogP contribution in [0.25, 0.3) is 0 Å². The largest absolute Gasteiger partial charge is 0.493 e. The zero-order chi connectivity index (χ0) is 24.3. The van der Waals surface area contributed by atoms with E-state index in [0.29, 0.717) is 26.9 Å². The van der Waals surface area contributed by atoms with Crippen LogP contribution in [-0.4, -0.2) is 37.7 Å². The standard InChI is InChI=1S/C25H22BrN3O5/c1-33-22-15-17(11-12-21(22)34-25(32)19-9-5-6-10-20(19)26)16-28-29-23(30)13-14-27-24(31)18-7-3-2-4-8-18/h2-12,15-16H,13-14H2,1H3,(H,27,31)(H,29,30). The van der Waals surface area contributed by atoms with E-state index in [-0.39, 0.29) is 30.5 Å². The zero-order valence-corrected chi connectivity index (χ0v) is 19.9. The summed E-state index contributed by atoms with van der Waals surface area (Å²) in [6.07, 6.45) is 1.51. The van der Waals surface area contributed by atoms with Gasteiger partial charge in [0.15, 0.2) is 11.5 Å². The summed E-state index contributed by atoms with van der Waals surface area (Å²) in [5.74, 6) is -0.545. The molecule has 8 nitrogen and oxygen atoms in total. The summed E-state index contributed by atoms with van der Waals surface area (Å²) in [5, 5.41) is 6.59. The molecule has 0 saturated carbocycles. The number of methoxy groups -OCH3 is 1. The number of esters is 1. The first-order chi connectivity index (χ1) is 16.5. The van der Waals surface area contributed by atoms with Gasteiger partial charge in [0.05, 0.1) is 18.9 Å². The first-order valence-electron chi connectivity index (χ1n) is 10.3. The van der Waals surface area contributed by atoms with Crippen LogP contribution in [0.4, 0.5) is 0 Å². The Bertz CT molecular complexity index is 1200. The quantitative estimate of drug-likeness (QED) is 0.191. The van der Waals surface area contributed by atoms with E-state index in [0.717, 1.165) is 0 Å². The van der Waals surface area contributed by atoms with Crippen molar-refractivity contribution in [2.45, 2.75) is 6.42 Å². The normalized spacial score (nSPS) is 10.5. The zero-order valence-electron chi connectivity index (χ0n) is 18.3. The van der Waals surface area contributed by atoms with Gasteiger partial charge in [-0.15, -0.1) is 0 Å². The van der Waals surface area contributed by atoms with Crippen LogP contribution in [0.15, 0.2) is 82.4 Å². The number of hydrogen-bond acceptors (Lipinski definition) is 6. The molecule has 9 heteroatoms. The second-order valence-corrected chi connectivity index (χ2v) is 7.80. The number of nitrogens with one attached hydrogen (secondary N) is 2. The van der Waals surface area contributed by atoms with Crippen molar-refractivity contribution in [3.05, 3.63) is 94.0 Å². The van der Waals surface area contributed by atoms with Gasteiger partial charge in [-0.25, -0.2) is 10.2 Å². The van der Waals surface area contributed by atoms with Crippen molar-refractivity contribution in [3.63, 3.8) is 0 Å². The average molecular weight is 524 g/mol. The number of carbonyl (C=O) groups excluding carboxylic acids is 3. The van der Waals surface area contributed by atoms with E-state index in [1.54, 1.807) is 66.7 Å². The lowest BCUT2D eigenvalue weighted by molar-refractivity contribution is -0.120. The smallest absolute Gasteiger partial charge is 0.344 e. The molecule has 0 spiro atoms. The van der Waals surface area contributed by atoms with Gasteiger partial charge in [0.2, 0.25) is 5.91 Å². The molecule has 2 amide bonds. The minimum absolute atomic E-state index is 0.0726. The van der Waals surface area contributed by atoms with Gasteiger partial charge in [-0.05, 0) is 64.0 Å². The minimum atomic E-state index is -0.529. The number of rotatable bonds is 9. The molecule has 174 valence electrons. The van der Waals surface area contributed by atoms with E-state index in [9.17, 15) is 14.4 Å². The fraction of sp³-hybridized carbons (Fsp3) is 0.120. The van der Waals surface area contributed by atoms with Crippen LogP contribution >= 0.6 is 15.9 Å². The highest BCUT2D eigenvalue weighted by Crippen LogP contribution is 2.29. The molecule has 0 unspecified atom stereocenters. The third-order valence-electron chi connectivity index (χ3n) is 4.56. The maximum absolute atomic E-state index is 12.4. The molecule has 0 aromatic heterocycles. The van der Waals surface area contributed by atoms with E-state index >= 15 is 0 Å². The van der Waals surface area contributed by atoms with Gasteiger partial charge in [-0.1, -0.05) is 30.3 Å². The van der Waals surface area contributed by atoms with Crippen molar-refractivity contribution in [1.29, 1.82) is 0 Å². The monoisotopic (exact) mass is 523 g/mol. The molecule has 0 bridgehead atoms. The van der Waals surface area contributed by atoms with Gasteiger partial charge in [0, 0.05) is 23.0 Å². The molecule has 0 radical (unpaired) electrons. The molecule has 3 rings (SSSR count). The van der Waals surface area contributed by atoms with Gasteiger partial charge < -0.3 is 14.8 Å². The number of hydrogen-bond donors (Lipinski definition) is 2. The molecular weight excluding hydrogens is 502 g/mol. The average Bonchev–Trinajstić information content (AvgIpc) is 2.85. The highest BCUT2D eigenvalue weighted by molar-refractivity contribution is 9.10. The third kappa shape index (κ3) is 7.01. The van der Waals surface area contributed by atoms with E-state index < -0.39 is 5.97 Å². The summed E-state index contributed by atoms with van der Waals surface area (Å²) in [6.45, 7) is 0.181. The molecule has 0 aliphatic rings. The molecule has 3 aromatic carbocycles. The first-order valence-corrected chi connectivity index (χ1v) is 11.1. The Hall–Kier alpha value is -3.98. The van der Waals surface area contributed by atoms with E-state index in [1.165, 1.54) is 13.3 Å². The molecule has 2 N–H and O–H groups in total. The van der Waals surface area contributed by atoms with Crippen LogP contribution in [0.1, 0.15) is 32.7 Å². The molecule has 3 aromatic rings. The van der Waals surface area contributed by atoms with Crippen LogP contribution in [0.2, 0.25) is 0 Å². The Balaban J connectivity index is 1.50. The SMILES string of the molecule is COc1cc(C=NNC(=O)CCNC(=O)c2ccccc2)ccc1OC(=O)c1ccccc1Br. The molecule has 0 saturated heterocycles. The van der Waals surface area contributed by atoms with Crippen molar-refractivity contribution in [2.75, 3.05) is 13.7 Å². The molecular formula is C25H22BrN3O5. The van der Waals surface area contributed by atoms with Gasteiger partial charge in [-0.3, -0.25) is 9.59 Å². The number of carbonyl (C=O) groups is 3. The molecule has 0 aliphatic heterocycles. The second-order valence-electron chi connectivity index (χ2n) is 6.94. The van der Waals surface area contributed by atoms with E-state index in [2.05, 4.69) is 31.8 Å². The van der Waals surface area contributed by atoms with Gasteiger partial charge in [-0.2, -0.15) is 5.10 Å². The van der Waals surface area contributed by atoms with Crippen molar-refractivity contribution >= 4 is 39.9 Å². The summed E-state index contributed by atoms with van der Waals surface area (Å²) < 4.78 is 11.4. The first kappa shape index (κ1) is 24.7. The minimum Gasteiger partial charge on any atom is -0.493 e. The molecule has 0 fully saturated rings. The fourth-order valence-electron chi connectivity index (χ4n) is 2.85. The summed E-state index contributed by atoms with van der Waals surface area (Å²) in [5.41, 5.74) is 3.94. The topological polar surface area (TPSA) is 106 Å². The lowest BCUT2D eigenvalue weighted by Crippen LogP contribution is -2.28. The molecule has 0 heterocycles. The van der Waals surface area contributed by atoms with Crippen LogP contribution in [0.5, 0.6) is 11.5 Å². The second kappa shape index (κ2) is 12.3. The lowest BCUT2D eigenvalue weighted by Gasteiger charge is -2.10. The van der Waals surface area contributed by atoms with Crippen LogP contribution in [0, 0.1) is 0 Å². The molecule has 34 heavy (non-hydrogen) atoms.